The first kappa shape index (κ1) is 29.2. The van der Waals surface area contributed by atoms with Gasteiger partial charge in [-0.05, 0) is 13.3 Å². The normalized spacial score (nSPS) is 12.9. The van der Waals surface area contributed by atoms with E-state index in [-0.39, 0.29) is 12.8 Å². The fourth-order valence-corrected chi connectivity index (χ4v) is 2.24. The van der Waals surface area contributed by atoms with Crippen molar-refractivity contribution in [2.45, 2.75) is 37.9 Å². The van der Waals surface area contributed by atoms with Gasteiger partial charge >= 0.3 is 5.97 Å². The van der Waals surface area contributed by atoms with Crippen LogP contribution in [-0.2, 0) is 33.6 Å². The summed E-state index contributed by atoms with van der Waals surface area (Å²) in [5, 5.41) is 28.7. The van der Waals surface area contributed by atoms with Gasteiger partial charge in [-0.3, -0.25) is 33.6 Å². The Balaban J connectivity index is 4.93. The Morgan fingerprint density at radius 2 is 1.42 bits per heavy atom. The number of nitrogens with two attached hydrogens (primary N) is 2. The summed E-state index contributed by atoms with van der Waals surface area (Å²) in [4.78, 5) is 81.1. The molecule has 3 atom stereocenters. The first-order valence-corrected chi connectivity index (χ1v) is 9.66. The fourth-order valence-electron chi connectivity index (χ4n) is 2.24. The Kier molecular flexibility index (Phi) is 13.4. The van der Waals surface area contributed by atoms with Crippen molar-refractivity contribution in [3.8, 4) is 0 Å². The minimum atomic E-state index is -1.42. The SMILES string of the molecule is C[C@H](NC(=O)CNC(=O)[C@H](CCC(N)=O)NC(=O)[C@H](CO)NC(=O)CN)C(=O)NCC(=O)O. The molecule has 0 rings (SSSR count). The highest BCUT2D eigenvalue weighted by Gasteiger charge is 2.27. The summed E-state index contributed by atoms with van der Waals surface area (Å²) in [5.74, 6) is -6.18. The van der Waals surface area contributed by atoms with Crippen molar-refractivity contribution in [1.29, 1.82) is 0 Å². The van der Waals surface area contributed by atoms with Crippen LogP contribution in [0.1, 0.15) is 19.8 Å². The van der Waals surface area contributed by atoms with Crippen molar-refractivity contribution < 1.29 is 43.8 Å². The van der Waals surface area contributed by atoms with Crippen molar-refractivity contribution >= 4 is 41.4 Å². The minimum Gasteiger partial charge on any atom is -0.480 e. The molecule has 0 unspecified atom stereocenters. The van der Waals surface area contributed by atoms with Crippen molar-refractivity contribution in [2.24, 2.45) is 11.5 Å². The van der Waals surface area contributed by atoms with E-state index in [1.165, 1.54) is 6.92 Å². The lowest BCUT2D eigenvalue weighted by Crippen LogP contribution is -2.56. The molecule has 0 aromatic heterocycles. The van der Waals surface area contributed by atoms with Crippen LogP contribution in [0.25, 0.3) is 0 Å². The predicted molar refractivity (Wildman–Crippen MR) is 110 cm³/mol. The van der Waals surface area contributed by atoms with E-state index in [4.69, 9.17) is 16.6 Å². The van der Waals surface area contributed by atoms with Crippen LogP contribution in [-0.4, -0.2) is 96.0 Å². The van der Waals surface area contributed by atoms with Gasteiger partial charge in [0.1, 0.15) is 24.7 Å². The third-order valence-corrected chi connectivity index (χ3v) is 3.94. The second-order valence-electron chi connectivity index (χ2n) is 6.69. The zero-order valence-corrected chi connectivity index (χ0v) is 17.9. The number of aliphatic hydroxyl groups excluding tert-OH is 1. The van der Waals surface area contributed by atoms with Crippen molar-refractivity contribution in [2.75, 3.05) is 26.2 Å². The number of aliphatic carboxylic acids is 1. The van der Waals surface area contributed by atoms with Gasteiger partial charge in [0.2, 0.25) is 35.4 Å². The van der Waals surface area contributed by atoms with Crippen LogP contribution < -0.4 is 38.1 Å². The van der Waals surface area contributed by atoms with E-state index in [1.54, 1.807) is 0 Å². The number of hydrogen-bond donors (Lipinski definition) is 9. The van der Waals surface area contributed by atoms with Gasteiger partial charge in [-0.1, -0.05) is 0 Å². The molecule has 11 N–H and O–H groups in total. The van der Waals surface area contributed by atoms with Crippen LogP contribution in [0.2, 0.25) is 0 Å². The van der Waals surface area contributed by atoms with Gasteiger partial charge < -0.3 is 48.3 Å². The number of carboxylic acid groups (broad SMARTS) is 1. The quantitative estimate of drug-likeness (QED) is 0.108. The van der Waals surface area contributed by atoms with Crippen LogP contribution in [0.3, 0.4) is 0 Å². The van der Waals surface area contributed by atoms with E-state index in [9.17, 15) is 38.7 Å². The molecule has 0 saturated heterocycles. The highest BCUT2D eigenvalue weighted by Crippen LogP contribution is 1.99. The van der Waals surface area contributed by atoms with Crippen molar-refractivity contribution in [3.05, 3.63) is 0 Å². The number of carboxylic acids is 1. The summed E-state index contributed by atoms with van der Waals surface area (Å²) in [6.07, 6.45) is -0.546. The Labute approximate surface area is 188 Å². The Bertz CT molecular complexity index is 759. The molecule has 0 spiro atoms. The maximum atomic E-state index is 12.4. The zero-order valence-electron chi connectivity index (χ0n) is 17.9. The van der Waals surface area contributed by atoms with Crippen molar-refractivity contribution in [1.82, 2.24) is 26.6 Å². The smallest absolute Gasteiger partial charge is 0.322 e. The molecule has 0 bridgehead atoms. The van der Waals surface area contributed by atoms with Crippen LogP contribution >= 0.6 is 0 Å². The number of hydrogen-bond acceptors (Lipinski definition) is 9. The Morgan fingerprint density at radius 3 is 1.94 bits per heavy atom. The van der Waals surface area contributed by atoms with Crippen LogP contribution in [0.4, 0.5) is 0 Å². The molecular formula is C17H29N7O9. The minimum absolute atomic E-state index is 0.245. The van der Waals surface area contributed by atoms with Gasteiger partial charge in [0, 0.05) is 6.42 Å². The molecule has 0 aromatic rings. The summed E-state index contributed by atoms with van der Waals surface area (Å²) in [5.41, 5.74) is 10.2. The Hall–Kier alpha value is -3.79. The van der Waals surface area contributed by atoms with E-state index in [0.717, 1.165) is 0 Å². The van der Waals surface area contributed by atoms with E-state index in [0.29, 0.717) is 0 Å². The topological polar surface area (TPSA) is 272 Å². The molecule has 16 heteroatoms. The maximum absolute atomic E-state index is 12.4. The molecular weight excluding hydrogens is 446 g/mol. The van der Waals surface area contributed by atoms with Crippen LogP contribution in [0.5, 0.6) is 0 Å². The summed E-state index contributed by atoms with van der Waals surface area (Å²) in [6.45, 7) is -1.22. The average molecular weight is 475 g/mol. The molecule has 0 heterocycles. The van der Waals surface area contributed by atoms with Gasteiger partial charge in [-0.2, -0.15) is 0 Å². The standard InChI is InChI=1S/C17H29N7O9/c1-8(15(31)21-6-14(29)30)22-13(28)5-20-16(32)9(2-3-11(19)26)24-17(33)10(7-25)23-12(27)4-18/h8-10,25H,2-7,18H2,1H3,(H2,19,26)(H,20,32)(H,21,31)(H,22,28)(H,23,27)(H,24,33)(H,29,30)/t8-,9-,10-/m0/s1. The summed E-state index contributed by atoms with van der Waals surface area (Å²) in [7, 11) is 0. The average Bonchev–Trinajstić information content (AvgIpc) is 2.75. The number of rotatable bonds is 15. The lowest BCUT2D eigenvalue weighted by molar-refractivity contribution is -0.138. The molecule has 0 saturated carbocycles. The van der Waals surface area contributed by atoms with E-state index >= 15 is 0 Å². The number of aliphatic hydroxyl groups is 1. The lowest BCUT2D eigenvalue weighted by Gasteiger charge is -2.22. The molecule has 0 fully saturated rings. The third kappa shape index (κ3) is 12.6. The summed E-state index contributed by atoms with van der Waals surface area (Å²) < 4.78 is 0. The number of primary amides is 1. The maximum Gasteiger partial charge on any atom is 0.322 e. The van der Waals surface area contributed by atoms with E-state index in [2.05, 4.69) is 26.6 Å². The fraction of sp³-hybridized carbons (Fsp3) is 0.588. The van der Waals surface area contributed by atoms with Gasteiger partial charge in [0.15, 0.2) is 0 Å². The lowest BCUT2D eigenvalue weighted by atomic mass is 10.1. The molecule has 0 aliphatic carbocycles. The van der Waals surface area contributed by atoms with Gasteiger partial charge in [0.05, 0.1) is 19.7 Å². The van der Waals surface area contributed by atoms with Gasteiger partial charge in [0.25, 0.3) is 0 Å². The number of carbonyl (C=O) groups excluding carboxylic acids is 6. The molecule has 186 valence electrons. The third-order valence-electron chi connectivity index (χ3n) is 3.94. The van der Waals surface area contributed by atoms with Gasteiger partial charge in [-0.15, -0.1) is 0 Å². The molecule has 6 amide bonds. The molecule has 0 radical (unpaired) electrons. The summed E-state index contributed by atoms with van der Waals surface area (Å²) in [6, 6.07) is -3.87. The van der Waals surface area contributed by atoms with Gasteiger partial charge in [-0.25, -0.2) is 0 Å². The van der Waals surface area contributed by atoms with Crippen LogP contribution in [0, 0.1) is 0 Å². The number of nitrogens with one attached hydrogen (secondary N) is 5. The second kappa shape index (κ2) is 15.1. The highest BCUT2D eigenvalue weighted by molar-refractivity contribution is 5.94. The predicted octanol–water partition coefficient (Wildman–Crippen LogP) is -6.01. The second-order valence-corrected chi connectivity index (χ2v) is 6.69. The number of amides is 6. The van der Waals surface area contributed by atoms with E-state index in [1.807, 2.05) is 0 Å². The zero-order chi connectivity index (χ0) is 25.6. The first-order valence-electron chi connectivity index (χ1n) is 9.66. The monoisotopic (exact) mass is 475 g/mol. The van der Waals surface area contributed by atoms with Crippen molar-refractivity contribution in [3.63, 3.8) is 0 Å². The number of carbonyl (C=O) groups is 7. The first-order chi connectivity index (χ1) is 15.4. The highest BCUT2D eigenvalue weighted by atomic mass is 16.4. The molecule has 33 heavy (non-hydrogen) atoms. The molecule has 0 aliphatic rings. The molecule has 16 nitrogen and oxygen atoms in total. The Morgan fingerprint density at radius 1 is 0.818 bits per heavy atom. The van der Waals surface area contributed by atoms with Crippen LogP contribution in [0.15, 0.2) is 0 Å². The molecule has 0 aliphatic heterocycles. The van der Waals surface area contributed by atoms with E-state index < -0.39 is 85.8 Å². The summed E-state index contributed by atoms with van der Waals surface area (Å²) >= 11 is 0. The largest absolute Gasteiger partial charge is 0.480 e. The molecule has 0 aromatic carbocycles.